The van der Waals surface area contributed by atoms with Crippen molar-refractivity contribution in [3.05, 3.63) is 63.6 Å². The van der Waals surface area contributed by atoms with Crippen LogP contribution in [-0.4, -0.2) is 11.9 Å². The Bertz CT molecular complexity index is 736. The largest absolute Gasteiger partial charge is 0.324 e. The molecule has 0 aromatic heterocycles. The smallest absolute Gasteiger partial charge is 0.242 e. The molecule has 2 aromatic carbocycles. The highest BCUT2D eigenvalue weighted by atomic mass is 35.5. The standard InChI is InChI=1S/C17H17Cl2N3O/c1-10-13(19)6-3-7-14(10)20-17(23)16-9-15(21-22-16)11-4-2-5-12(18)8-11/h2-8,15-16,21-22H,9H2,1H3,(H,20,23). The molecular weight excluding hydrogens is 333 g/mol. The predicted octanol–water partition coefficient (Wildman–Crippen LogP) is 3.85. The summed E-state index contributed by atoms with van der Waals surface area (Å²) in [5, 5.41) is 4.25. The molecule has 1 amide bonds. The van der Waals surface area contributed by atoms with Crippen LogP contribution in [0, 0.1) is 6.92 Å². The molecule has 2 unspecified atom stereocenters. The first-order valence-corrected chi connectivity index (χ1v) is 8.12. The molecule has 1 heterocycles. The van der Waals surface area contributed by atoms with Crippen LogP contribution in [-0.2, 0) is 4.79 Å². The van der Waals surface area contributed by atoms with Crippen LogP contribution in [0.25, 0.3) is 0 Å². The maximum Gasteiger partial charge on any atom is 0.242 e. The molecule has 4 nitrogen and oxygen atoms in total. The molecule has 2 aromatic rings. The SMILES string of the molecule is Cc1c(Cl)cccc1NC(=O)C1CC(c2cccc(Cl)c2)NN1. The maximum absolute atomic E-state index is 12.4. The van der Waals surface area contributed by atoms with Gasteiger partial charge in [-0.1, -0.05) is 41.4 Å². The van der Waals surface area contributed by atoms with Gasteiger partial charge in [0.25, 0.3) is 0 Å². The zero-order chi connectivity index (χ0) is 16.4. The second-order valence-corrected chi connectivity index (χ2v) is 6.43. The van der Waals surface area contributed by atoms with Crippen LogP contribution >= 0.6 is 23.2 Å². The average Bonchev–Trinajstić information content (AvgIpc) is 3.02. The van der Waals surface area contributed by atoms with Crippen molar-refractivity contribution in [1.82, 2.24) is 10.9 Å². The first-order valence-electron chi connectivity index (χ1n) is 7.37. The number of amides is 1. The van der Waals surface area contributed by atoms with Gasteiger partial charge in [0.15, 0.2) is 0 Å². The number of halogens is 2. The third kappa shape index (κ3) is 3.67. The Labute approximate surface area is 145 Å². The number of carbonyl (C=O) groups is 1. The summed E-state index contributed by atoms with van der Waals surface area (Å²) in [7, 11) is 0. The van der Waals surface area contributed by atoms with Crippen molar-refractivity contribution in [3.8, 4) is 0 Å². The highest BCUT2D eigenvalue weighted by Crippen LogP contribution is 2.26. The molecule has 23 heavy (non-hydrogen) atoms. The Kier molecular flexibility index (Phi) is 4.87. The predicted molar refractivity (Wildman–Crippen MR) is 93.7 cm³/mol. The van der Waals surface area contributed by atoms with Crippen LogP contribution in [0.1, 0.15) is 23.6 Å². The van der Waals surface area contributed by atoms with E-state index in [1.54, 1.807) is 6.07 Å². The van der Waals surface area contributed by atoms with Gasteiger partial charge in [-0.25, -0.2) is 10.9 Å². The van der Waals surface area contributed by atoms with E-state index in [9.17, 15) is 4.79 Å². The lowest BCUT2D eigenvalue weighted by Gasteiger charge is -2.13. The summed E-state index contributed by atoms with van der Waals surface area (Å²) in [4.78, 5) is 12.4. The number of anilines is 1. The summed E-state index contributed by atoms with van der Waals surface area (Å²) < 4.78 is 0. The Morgan fingerprint density at radius 1 is 1.17 bits per heavy atom. The first-order chi connectivity index (χ1) is 11.0. The monoisotopic (exact) mass is 349 g/mol. The molecule has 1 aliphatic rings. The molecule has 120 valence electrons. The van der Waals surface area contributed by atoms with Gasteiger partial charge in [-0.05, 0) is 48.7 Å². The zero-order valence-electron chi connectivity index (χ0n) is 12.6. The van der Waals surface area contributed by atoms with E-state index in [1.165, 1.54) is 0 Å². The van der Waals surface area contributed by atoms with Crippen LogP contribution in [0.5, 0.6) is 0 Å². The lowest BCUT2D eigenvalue weighted by molar-refractivity contribution is -0.117. The van der Waals surface area contributed by atoms with Crippen LogP contribution in [0.15, 0.2) is 42.5 Å². The van der Waals surface area contributed by atoms with Crippen LogP contribution in [0.2, 0.25) is 10.0 Å². The van der Waals surface area contributed by atoms with Gasteiger partial charge >= 0.3 is 0 Å². The van der Waals surface area contributed by atoms with Gasteiger partial charge in [0.1, 0.15) is 6.04 Å². The van der Waals surface area contributed by atoms with E-state index in [0.29, 0.717) is 16.5 Å². The van der Waals surface area contributed by atoms with Crippen molar-refractivity contribution in [2.45, 2.75) is 25.4 Å². The minimum atomic E-state index is -0.322. The van der Waals surface area contributed by atoms with Gasteiger partial charge in [0.2, 0.25) is 5.91 Å². The molecule has 1 saturated heterocycles. The minimum absolute atomic E-state index is 0.0462. The third-order valence-corrected chi connectivity index (χ3v) is 4.64. The van der Waals surface area contributed by atoms with Crippen molar-refractivity contribution >= 4 is 34.8 Å². The second kappa shape index (κ2) is 6.89. The quantitative estimate of drug-likeness (QED) is 0.788. The second-order valence-electron chi connectivity index (χ2n) is 5.59. The van der Waals surface area contributed by atoms with E-state index in [2.05, 4.69) is 16.2 Å². The number of rotatable bonds is 3. The van der Waals surface area contributed by atoms with Gasteiger partial charge in [0, 0.05) is 21.8 Å². The van der Waals surface area contributed by atoms with Gasteiger partial charge in [-0.15, -0.1) is 0 Å². The maximum atomic E-state index is 12.4. The molecule has 1 fully saturated rings. The summed E-state index contributed by atoms with van der Waals surface area (Å²) in [6, 6.07) is 12.8. The number of hydrogen-bond donors (Lipinski definition) is 3. The van der Waals surface area contributed by atoms with Crippen molar-refractivity contribution in [3.63, 3.8) is 0 Å². The Morgan fingerprint density at radius 3 is 2.74 bits per heavy atom. The summed E-state index contributed by atoms with van der Waals surface area (Å²) in [6.07, 6.45) is 0.645. The lowest BCUT2D eigenvalue weighted by atomic mass is 10.0. The van der Waals surface area contributed by atoms with E-state index in [0.717, 1.165) is 16.8 Å². The van der Waals surface area contributed by atoms with Crippen LogP contribution in [0.4, 0.5) is 5.69 Å². The number of hydrogen-bond acceptors (Lipinski definition) is 3. The van der Waals surface area contributed by atoms with Gasteiger partial charge < -0.3 is 5.32 Å². The molecule has 2 atom stereocenters. The molecule has 3 N–H and O–H groups in total. The molecule has 0 bridgehead atoms. The molecule has 0 radical (unpaired) electrons. The number of hydrazine groups is 1. The van der Waals surface area contributed by atoms with Crippen LogP contribution < -0.4 is 16.2 Å². The average molecular weight is 350 g/mol. The molecule has 6 heteroatoms. The molecule has 0 saturated carbocycles. The normalized spacial score (nSPS) is 20.5. The molecule has 0 spiro atoms. The van der Waals surface area contributed by atoms with E-state index in [-0.39, 0.29) is 18.0 Å². The minimum Gasteiger partial charge on any atom is -0.324 e. The summed E-state index contributed by atoms with van der Waals surface area (Å²) in [5.74, 6) is -0.0904. The summed E-state index contributed by atoms with van der Waals surface area (Å²) in [5.41, 5.74) is 8.84. The van der Waals surface area contributed by atoms with Crippen molar-refractivity contribution < 1.29 is 4.79 Å². The van der Waals surface area contributed by atoms with Crippen LogP contribution in [0.3, 0.4) is 0 Å². The fourth-order valence-electron chi connectivity index (χ4n) is 2.63. The van der Waals surface area contributed by atoms with E-state index in [1.807, 2.05) is 43.3 Å². The van der Waals surface area contributed by atoms with Gasteiger partial charge in [-0.3, -0.25) is 4.79 Å². The van der Waals surface area contributed by atoms with Crippen molar-refractivity contribution in [2.24, 2.45) is 0 Å². The Morgan fingerprint density at radius 2 is 1.96 bits per heavy atom. The van der Waals surface area contributed by atoms with Crippen molar-refractivity contribution in [2.75, 3.05) is 5.32 Å². The topological polar surface area (TPSA) is 53.2 Å². The summed E-state index contributed by atoms with van der Waals surface area (Å²) in [6.45, 7) is 1.88. The van der Waals surface area contributed by atoms with E-state index >= 15 is 0 Å². The number of benzene rings is 2. The first kappa shape index (κ1) is 16.3. The molecule has 3 rings (SSSR count). The Balaban J connectivity index is 1.67. The van der Waals surface area contributed by atoms with Gasteiger partial charge in [0.05, 0.1) is 0 Å². The zero-order valence-corrected chi connectivity index (χ0v) is 14.1. The fraction of sp³-hybridized carbons (Fsp3) is 0.235. The van der Waals surface area contributed by atoms with Crippen molar-refractivity contribution in [1.29, 1.82) is 0 Å². The summed E-state index contributed by atoms with van der Waals surface area (Å²) >= 11 is 12.1. The third-order valence-electron chi connectivity index (χ3n) is 4.00. The fourth-order valence-corrected chi connectivity index (χ4v) is 3.01. The Hall–Kier alpha value is -1.59. The highest BCUT2D eigenvalue weighted by Gasteiger charge is 2.30. The lowest BCUT2D eigenvalue weighted by Crippen LogP contribution is -2.39. The van der Waals surface area contributed by atoms with E-state index < -0.39 is 0 Å². The molecular formula is C17H17Cl2N3O. The molecule has 0 aliphatic carbocycles. The number of nitrogens with one attached hydrogen (secondary N) is 3. The van der Waals surface area contributed by atoms with E-state index in [4.69, 9.17) is 23.2 Å². The highest BCUT2D eigenvalue weighted by molar-refractivity contribution is 6.31. The van der Waals surface area contributed by atoms with Gasteiger partial charge in [-0.2, -0.15) is 0 Å². The number of carbonyl (C=O) groups excluding carboxylic acids is 1. The molecule has 1 aliphatic heterocycles.